The average molecular weight is 518 g/mol. The molecule has 5 nitrogen and oxygen atoms in total. The van der Waals surface area contributed by atoms with Gasteiger partial charge in [0.1, 0.15) is 0 Å². The molecular formula is C34H35N3O2. The van der Waals surface area contributed by atoms with E-state index in [0.29, 0.717) is 5.92 Å². The van der Waals surface area contributed by atoms with Gasteiger partial charge in [0, 0.05) is 24.4 Å². The van der Waals surface area contributed by atoms with Crippen molar-refractivity contribution in [1.82, 2.24) is 14.7 Å². The maximum atomic E-state index is 11.0. The van der Waals surface area contributed by atoms with Gasteiger partial charge in [-0.25, -0.2) is 4.79 Å². The SMILES string of the molecule is CN(C)CCn1cc(-c2ccc(C(=C(c3ccccc3)C3CCC3)c3ccc(C=CC(=O)O)cc3)cc2)cn1. The molecule has 0 saturated heterocycles. The van der Waals surface area contributed by atoms with E-state index in [-0.39, 0.29) is 0 Å². The predicted molar refractivity (Wildman–Crippen MR) is 159 cm³/mol. The molecule has 5 heteroatoms. The molecule has 1 N–H and O–H groups in total. The Morgan fingerprint density at radius 1 is 0.923 bits per heavy atom. The van der Waals surface area contributed by atoms with Crippen molar-refractivity contribution in [2.45, 2.75) is 25.8 Å². The van der Waals surface area contributed by atoms with Crippen molar-refractivity contribution in [1.29, 1.82) is 0 Å². The second kappa shape index (κ2) is 12.1. The van der Waals surface area contributed by atoms with Gasteiger partial charge in [-0.15, -0.1) is 0 Å². The first-order valence-corrected chi connectivity index (χ1v) is 13.6. The Labute approximate surface area is 230 Å². The number of allylic oxidation sites excluding steroid dienone is 1. The fraction of sp³-hybridized carbons (Fsp3) is 0.235. The molecule has 1 aromatic heterocycles. The maximum Gasteiger partial charge on any atom is 0.328 e. The number of hydrogen-bond acceptors (Lipinski definition) is 3. The van der Waals surface area contributed by atoms with Crippen LogP contribution in [0.4, 0.5) is 0 Å². The van der Waals surface area contributed by atoms with Gasteiger partial charge in [-0.1, -0.05) is 85.3 Å². The number of aliphatic carboxylic acids is 1. The molecule has 0 spiro atoms. The fourth-order valence-corrected chi connectivity index (χ4v) is 5.07. The Hall–Kier alpha value is -4.22. The molecule has 1 saturated carbocycles. The molecule has 1 fully saturated rings. The molecule has 0 atom stereocenters. The van der Waals surface area contributed by atoms with Crippen LogP contribution >= 0.6 is 0 Å². The van der Waals surface area contributed by atoms with Crippen LogP contribution in [-0.2, 0) is 11.3 Å². The van der Waals surface area contributed by atoms with Crippen molar-refractivity contribution in [2.75, 3.05) is 20.6 Å². The van der Waals surface area contributed by atoms with Crippen molar-refractivity contribution >= 4 is 23.2 Å². The summed E-state index contributed by atoms with van der Waals surface area (Å²) in [6, 6.07) is 27.8. The molecule has 198 valence electrons. The number of carbonyl (C=O) groups is 1. The van der Waals surface area contributed by atoms with E-state index in [9.17, 15) is 4.79 Å². The van der Waals surface area contributed by atoms with Crippen LogP contribution in [0.3, 0.4) is 0 Å². The monoisotopic (exact) mass is 517 g/mol. The highest BCUT2D eigenvalue weighted by atomic mass is 16.4. The summed E-state index contributed by atoms with van der Waals surface area (Å²) in [5.41, 5.74) is 9.34. The minimum atomic E-state index is -0.945. The highest BCUT2D eigenvalue weighted by Crippen LogP contribution is 2.45. The Morgan fingerprint density at radius 2 is 1.59 bits per heavy atom. The topological polar surface area (TPSA) is 58.4 Å². The first kappa shape index (κ1) is 26.4. The lowest BCUT2D eigenvalue weighted by Crippen LogP contribution is -2.18. The Kier molecular flexibility index (Phi) is 8.18. The van der Waals surface area contributed by atoms with Crippen molar-refractivity contribution < 1.29 is 9.90 Å². The van der Waals surface area contributed by atoms with Gasteiger partial charge in [0.2, 0.25) is 0 Å². The summed E-state index contributed by atoms with van der Waals surface area (Å²) in [5, 5.41) is 13.6. The quantitative estimate of drug-likeness (QED) is 0.182. The van der Waals surface area contributed by atoms with Crippen LogP contribution in [-0.4, -0.2) is 46.4 Å². The number of carboxylic acids is 1. The molecule has 39 heavy (non-hydrogen) atoms. The Morgan fingerprint density at radius 3 is 2.18 bits per heavy atom. The van der Waals surface area contributed by atoms with Crippen LogP contribution in [0.1, 0.15) is 41.5 Å². The van der Waals surface area contributed by atoms with E-state index in [0.717, 1.165) is 35.3 Å². The lowest BCUT2D eigenvalue weighted by molar-refractivity contribution is -0.131. The molecule has 4 aromatic rings. The molecule has 1 aliphatic carbocycles. The van der Waals surface area contributed by atoms with Gasteiger partial charge in [-0.2, -0.15) is 5.10 Å². The number of likely N-dealkylation sites (N-methyl/N-ethyl adjacent to an activating group) is 1. The minimum absolute atomic E-state index is 0.517. The normalized spacial score (nSPS) is 14.4. The molecule has 0 radical (unpaired) electrons. The highest BCUT2D eigenvalue weighted by Gasteiger charge is 2.27. The lowest BCUT2D eigenvalue weighted by Gasteiger charge is -2.31. The van der Waals surface area contributed by atoms with Gasteiger partial charge >= 0.3 is 5.97 Å². The average Bonchev–Trinajstić information content (AvgIpc) is 3.40. The third-order valence-electron chi connectivity index (χ3n) is 7.40. The van der Waals surface area contributed by atoms with Gasteiger partial charge in [0.25, 0.3) is 0 Å². The largest absolute Gasteiger partial charge is 0.478 e. The molecular weight excluding hydrogens is 482 g/mol. The van der Waals surface area contributed by atoms with Crippen molar-refractivity contribution in [3.63, 3.8) is 0 Å². The summed E-state index contributed by atoms with van der Waals surface area (Å²) >= 11 is 0. The van der Waals surface area contributed by atoms with E-state index in [4.69, 9.17) is 5.11 Å². The van der Waals surface area contributed by atoms with Crippen LogP contribution in [0.2, 0.25) is 0 Å². The van der Waals surface area contributed by atoms with Gasteiger partial charge in [0.05, 0.1) is 12.7 Å². The van der Waals surface area contributed by atoms with E-state index in [2.05, 4.69) is 97.0 Å². The Bertz CT molecular complexity index is 1460. The summed E-state index contributed by atoms with van der Waals surface area (Å²) in [5.74, 6) is -0.428. The summed E-state index contributed by atoms with van der Waals surface area (Å²) in [7, 11) is 4.14. The van der Waals surface area contributed by atoms with E-state index in [1.807, 2.05) is 23.0 Å². The predicted octanol–water partition coefficient (Wildman–Crippen LogP) is 6.97. The second-order valence-corrected chi connectivity index (χ2v) is 10.4. The summed E-state index contributed by atoms with van der Waals surface area (Å²) in [6.07, 6.45) is 10.5. The molecule has 0 amide bonds. The van der Waals surface area contributed by atoms with E-state index >= 15 is 0 Å². The number of benzene rings is 3. The zero-order valence-corrected chi connectivity index (χ0v) is 22.6. The fourth-order valence-electron chi connectivity index (χ4n) is 5.07. The number of nitrogens with zero attached hydrogens (tertiary/aromatic N) is 3. The van der Waals surface area contributed by atoms with Gasteiger partial charge in [0.15, 0.2) is 0 Å². The van der Waals surface area contributed by atoms with Crippen molar-refractivity contribution in [3.8, 4) is 11.1 Å². The molecule has 0 unspecified atom stereocenters. The van der Waals surface area contributed by atoms with Gasteiger partial charge < -0.3 is 10.0 Å². The minimum Gasteiger partial charge on any atom is -0.478 e. The standard InChI is InChI=1S/C34H35N3O2/c1-36(2)21-22-37-24-31(23-35-37)26-16-18-30(19-17-26)34(29-14-11-25(12-15-29)13-20-32(38)39)33(28-9-6-10-28)27-7-4-3-5-8-27/h3-5,7-8,11-20,23-24,28H,6,9-10,21-22H2,1-2H3,(H,38,39). The third kappa shape index (κ3) is 6.44. The van der Waals surface area contributed by atoms with Crippen LogP contribution in [0.25, 0.3) is 28.3 Å². The molecule has 0 bridgehead atoms. The lowest BCUT2D eigenvalue weighted by atomic mass is 9.73. The summed E-state index contributed by atoms with van der Waals surface area (Å²) in [6.45, 7) is 1.81. The number of hydrogen-bond donors (Lipinski definition) is 1. The first-order chi connectivity index (χ1) is 19.0. The van der Waals surface area contributed by atoms with Gasteiger partial charge in [-0.05, 0) is 77.9 Å². The van der Waals surface area contributed by atoms with Crippen LogP contribution in [0.15, 0.2) is 97.3 Å². The van der Waals surface area contributed by atoms with Crippen LogP contribution in [0, 0.1) is 5.92 Å². The zero-order chi connectivity index (χ0) is 27.2. The smallest absolute Gasteiger partial charge is 0.328 e. The van der Waals surface area contributed by atoms with Crippen molar-refractivity contribution in [2.24, 2.45) is 5.92 Å². The van der Waals surface area contributed by atoms with Crippen LogP contribution < -0.4 is 0 Å². The maximum absolute atomic E-state index is 11.0. The highest BCUT2D eigenvalue weighted by molar-refractivity contribution is 6.00. The molecule has 1 heterocycles. The van der Waals surface area contributed by atoms with Gasteiger partial charge in [-0.3, -0.25) is 4.68 Å². The van der Waals surface area contributed by atoms with E-state index < -0.39 is 5.97 Å². The number of rotatable bonds is 10. The molecule has 3 aromatic carbocycles. The van der Waals surface area contributed by atoms with E-state index in [1.54, 1.807) is 6.08 Å². The molecule has 5 rings (SSSR count). The third-order valence-corrected chi connectivity index (χ3v) is 7.40. The summed E-state index contributed by atoms with van der Waals surface area (Å²) < 4.78 is 2.00. The summed E-state index contributed by atoms with van der Waals surface area (Å²) in [4.78, 5) is 13.1. The zero-order valence-electron chi connectivity index (χ0n) is 22.6. The molecule has 1 aliphatic rings. The van der Waals surface area contributed by atoms with E-state index in [1.165, 1.54) is 47.6 Å². The second-order valence-electron chi connectivity index (χ2n) is 10.4. The first-order valence-electron chi connectivity index (χ1n) is 13.6. The van der Waals surface area contributed by atoms with Crippen LogP contribution in [0.5, 0.6) is 0 Å². The number of carboxylic acid groups (broad SMARTS) is 1. The van der Waals surface area contributed by atoms with Crippen molar-refractivity contribution in [3.05, 3.63) is 120 Å². The Balaban J connectivity index is 1.55. The molecule has 0 aliphatic heterocycles. The number of aromatic nitrogens is 2.